The Morgan fingerprint density at radius 2 is 1.86 bits per heavy atom. The summed E-state index contributed by atoms with van der Waals surface area (Å²) in [5.41, 5.74) is -1.39. The average Bonchev–Trinajstić information content (AvgIpc) is 2.24. The number of hydrogen-bond donors (Lipinski definition) is 3. The molecule has 0 radical (unpaired) electrons. The van der Waals surface area contributed by atoms with Crippen molar-refractivity contribution in [3.8, 4) is 5.75 Å². The summed E-state index contributed by atoms with van der Waals surface area (Å²) in [7, 11) is 0. The van der Waals surface area contributed by atoms with Crippen LogP contribution in [0.15, 0.2) is 18.2 Å². The normalized spacial score (nSPS) is 13.7. The lowest BCUT2D eigenvalue weighted by atomic mass is 10.1. The number of phenols is 1. The van der Waals surface area contributed by atoms with E-state index in [0.717, 1.165) is 18.2 Å². The number of halogens is 3. The van der Waals surface area contributed by atoms with Gasteiger partial charge in [-0.2, -0.15) is 13.2 Å². The van der Waals surface area contributed by atoms with Crippen LogP contribution in [0.4, 0.5) is 23.7 Å². The highest BCUT2D eigenvalue weighted by molar-refractivity contribution is 5.85. The average molecular weight is 307 g/mol. The summed E-state index contributed by atoms with van der Waals surface area (Å²) in [5, 5.41) is 20.8. The lowest BCUT2D eigenvalue weighted by Gasteiger charge is -2.20. The van der Waals surface area contributed by atoms with Crippen molar-refractivity contribution in [1.82, 2.24) is 0 Å². The number of alkyl halides is 3. The van der Waals surface area contributed by atoms with Crippen LogP contribution in [0.25, 0.3) is 0 Å². The highest BCUT2D eigenvalue weighted by atomic mass is 19.4. The van der Waals surface area contributed by atoms with Crippen LogP contribution in [0.3, 0.4) is 0 Å². The van der Waals surface area contributed by atoms with Gasteiger partial charge in [0.05, 0.1) is 0 Å². The topological polar surface area (TPSA) is 78.8 Å². The number of rotatable bonds is 2. The van der Waals surface area contributed by atoms with E-state index in [1.54, 1.807) is 20.8 Å². The molecule has 0 aliphatic heterocycles. The van der Waals surface area contributed by atoms with Crippen LogP contribution in [-0.4, -0.2) is 28.1 Å². The summed E-state index contributed by atoms with van der Waals surface area (Å²) in [6, 6.07) is 2.89. The Hall–Kier alpha value is -1.96. The molecule has 1 rings (SSSR count). The standard InChI is InChI=1S/C13H16F3NO4/c1-12(2,3)21-11(20)17-7-4-5-8(9(18)6-7)10(19)13(14,15)16/h4-6,10,18-19H,1-3H3,(H,17,20). The van der Waals surface area contributed by atoms with Crippen LogP contribution in [0, 0.1) is 0 Å². The number of carbonyl (C=O) groups is 1. The first-order chi connectivity index (χ1) is 9.40. The molecule has 0 saturated carbocycles. The number of nitrogens with one attached hydrogen (secondary N) is 1. The Labute approximate surface area is 119 Å². The van der Waals surface area contributed by atoms with Crippen molar-refractivity contribution in [3.05, 3.63) is 23.8 Å². The number of phenolic OH excluding ortho intramolecular Hbond substituents is 1. The molecule has 0 saturated heterocycles. The zero-order chi connectivity index (χ0) is 16.4. The maximum absolute atomic E-state index is 12.4. The van der Waals surface area contributed by atoms with E-state index in [1.807, 2.05) is 0 Å². The van der Waals surface area contributed by atoms with Gasteiger partial charge >= 0.3 is 12.3 Å². The highest BCUT2D eigenvalue weighted by Gasteiger charge is 2.40. The molecule has 8 heteroatoms. The van der Waals surface area contributed by atoms with Gasteiger partial charge in [0.15, 0.2) is 6.10 Å². The van der Waals surface area contributed by atoms with Crippen molar-refractivity contribution < 1.29 is 32.9 Å². The van der Waals surface area contributed by atoms with Gasteiger partial charge in [-0.1, -0.05) is 6.07 Å². The van der Waals surface area contributed by atoms with E-state index in [-0.39, 0.29) is 5.69 Å². The third-order valence-corrected chi connectivity index (χ3v) is 2.28. The van der Waals surface area contributed by atoms with Crippen LogP contribution in [0.5, 0.6) is 5.75 Å². The first kappa shape index (κ1) is 17.1. The lowest BCUT2D eigenvalue weighted by molar-refractivity contribution is -0.207. The summed E-state index contributed by atoms with van der Waals surface area (Å²) >= 11 is 0. The van der Waals surface area contributed by atoms with Crippen molar-refractivity contribution in [2.45, 2.75) is 38.7 Å². The number of benzene rings is 1. The second kappa shape index (κ2) is 5.80. The summed E-state index contributed by atoms with van der Waals surface area (Å²) in [6.45, 7) is 4.94. The molecule has 0 spiro atoms. The summed E-state index contributed by atoms with van der Waals surface area (Å²) in [4.78, 5) is 11.5. The van der Waals surface area contributed by atoms with Gasteiger partial charge in [-0.15, -0.1) is 0 Å². The maximum Gasteiger partial charge on any atom is 0.418 e. The Morgan fingerprint density at radius 1 is 1.29 bits per heavy atom. The highest BCUT2D eigenvalue weighted by Crippen LogP contribution is 2.37. The molecule has 1 aromatic carbocycles. The molecule has 0 aromatic heterocycles. The Kier molecular flexibility index (Phi) is 4.72. The zero-order valence-electron chi connectivity index (χ0n) is 11.7. The van der Waals surface area contributed by atoms with Crippen molar-refractivity contribution in [1.29, 1.82) is 0 Å². The number of aromatic hydroxyl groups is 1. The van der Waals surface area contributed by atoms with Gasteiger partial charge in [-0.25, -0.2) is 4.79 Å². The molecule has 1 aromatic rings. The van der Waals surface area contributed by atoms with E-state index in [1.165, 1.54) is 0 Å². The summed E-state index contributed by atoms with van der Waals surface area (Å²) in [5.74, 6) is -0.784. The molecule has 5 nitrogen and oxygen atoms in total. The number of amides is 1. The first-order valence-electron chi connectivity index (χ1n) is 5.98. The van der Waals surface area contributed by atoms with Crippen LogP contribution in [-0.2, 0) is 4.74 Å². The van der Waals surface area contributed by atoms with Gasteiger partial charge in [0.1, 0.15) is 11.4 Å². The fourth-order valence-corrected chi connectivity index (χ4v) is 1.45. The minimum atomic E-state index is -4.89. The van der Waals surface area contributed by atoms with Gasteiger partial charge < -0.3 is 14.9 Å². The largest absolute Gasteiger partial charge is 0.507 e. The zero-order valence-corrected chi connectivity index (χ0v) is 11.7. The molecule has 1 atom stereocenters. The maximum atomic E-state index is 12.4. The molecule has 1 unspecified atom stereocenters. The predicted molar refractivity (Wildman–Crippen MR) is 69.0 cm³/mol. The fraction of sp³-hybridized carbons (Fsp3) is 0.462. The molecule has 21 heavy (non-hydrogen) atoms. The predicted octanol–water partition coefficient (Wildman–Crippen LogP) is 3.33. The Balaban J connectivity index is 2.86. The second-order valence-electron chi connectivity index (χ2n) is 5.34. The molecular weight excluding hydrogens is 291 g/mol. The second-order valence-corrected chi connectivity index (χ2v) is 5.34. The Morgan fingerprint density at radius 3 is 2.29 bits per heavy atom. The van der Waals surface area contributed by atoms with Crippen molar-refractivity contribution >= 4 is 11.8 Å². The van der Waals surface area contributed by atoms with Crippen LogP contribution >= 0.6 is 0 Å². The fourth-order valence-electron chi connectivity index (χ4n) is 1.45. The molecule has 0 aliphatic rings. The van der Waals surface area contributed by atoms with E-state index < -0.39 is 35.3 Å². The molecule has 0 heterocycles. The molecule has 0 fully saturated rings. The van der Waals surface area contributed by atoms with Crippen LogP contribution in [0.1, 0.15) is 32.4 Å². The summed E-state index contributed by atoms with van der Waals surface area (Å²) < 4.78 is 42.0. The van der Waals surface area contributed by atoms with Gasteiger partial charge in [-0.3, -0.25) is 5.32 Å². The SMILES string of the molecule is CC(C)(C)OC(=O)Nc1ccc(C(O)C(F)(F)F)c(O)c1. The van der Waals surface area contributed by atoms with Gasteiger partial charge in [0.2, 0.25) is 0 Å². The number of hydrogen-bond acceptors (Lipinski definition) is 4. The molecule has 1 amide bonds. The van der Waals surface area contributed by atoms with E-state index >= 15 is 0 Å². The quantitative estimate of drug-likeness (QED) is 0.783. The summed E-state index contributed by atoms with van der Waals surface area (Å²) in [6.07, 6.45) is -8.50. The van der Waals surface area contributed by atoms with E-state index in [0.29, 0.717) is 0 Å². The number of aliphatic hydroxyl groups is 1. The van der Waals surface area contributed by atoms with Crippen LogP contribution in [0.2, 0.25) is 0 Å². The van der Waals surface area contributed by atoms with Crippen LogP contribution < -0.4 is 5.32 Å². The number of aliphatic hydroxyl groups excluding tert-OH is 1. The molecule has 3 N–H and O–H groups in total. The monoisotopic (exact) mass is 307 g/mol. The number of anilines is 1. The van der Waals surface area contributed by atoms with E-state index in [2.05, 4.69) is 5.32 Å². The molecular formula is C13H16F3NO4. The minimum Gasteiger partial charge on any atom is -0.507 e. The van der Waals surface area contributed by atoms with Gasteiger partial charge in [0, 0.05) is 17.3 Å². The third kappa shape index (κ3) is 5.14. The number of ether oxygens (including phenoxy) is 1. The first-order valence-corrected chi connectivity index (χ1v) is 5.98. The van der Waals surface area contributed by atoms with Crippen molar-refractivity contribution in [2.75, 3.05) is 5.32 Å². The van der Waals surface area contributed by atoms with Gasteiger partial charge in [0.25, 0.3) is 0 Å². The van der Waals surface area contributed by atoms with Crippen molar-refractivity contribution in [3.63, 3.8) is 0 Å². The minimum absolute atomic E-state index is 0.0416. The van der Waals surface area contributed by atoms with E-state index in [4.69, 9.17) is 9.84 Å². The van der Waals surface area contributed by atoms with E-state index in [9.17, 15) is 23.1 Å². The third-order valence-electron chi connectivity index (χ3n) is 2.28. The molecule has 0 aliphatic carbocycles. The molecule has 0 bridgehead atoms. The van der Waals surface area contributed by atoms with Crippen molar-refractivity contribution in [2.24, 2.45) is 0 Å². The lowest BCUT2D eigenvalue weighted by Crippen LogP contribution is -2.27. The number of carbonyl (C=O) groups excluding carboxylic acids is 1. The molecule has 118 valence electrons. The Bertz CT molecular complexity index is 523. The smallest absolute Gasteiger partial charge is 0.418 e. The van der Waals surface area contributed by atoms with Gasteiger partial charge in [-0.05, 0) is 26.8 Å².